The van der Waals surface area contributed by atoms with Crippen molar-refractivity contribution in [2.45, 2.75) is 12.8 Å². The number of carbonyl (C=O) groups is 2. The largest absolute Gasteiger partial charge is 0.493 e. The molecule has 0 aliphatic carbocycles. The van der Waals surface area contributed by atoms with Gasteiger partial charge in [-0.05, 0) is 36.4 Å². The van der Waals surface area contributed by atoms with Crippen molar-refractivity contribution in [2.75, 3.05) is 19.5 Å². The zero-order valence-corrected chi connectivity index (χ0v) is 15.0. The van der Waals surface area contributed by atoms with E-state index in [0.717, 1.165) is 0 Å². The van der Waals surface area contributed by atoms with Gasteiger partial charge in [0.1, 0.15) is 5.82 Å². The van der Waals surface area contributed by atoms with E-state index in [4.69, 9.17) is 9.47 Å². The summed E-state index contributed by atoms with van der Waals surface area (Å²) in [6.07, 6.45) is 1.36. The van der Waals surface area contributed by atoms with Gasteiger partial charge in [0.2, 0.25) is 11.8 Å². The van der Waals surface area contributed by atoms with Crippen LogP contribution in [0.5, 0.6) is 11.5 Å². The SMILES string of the molecule is COc1cccc(C=NNC(=O)CCC(=O)Nc2ccc(F)cc2)c1OC. The van der Waals surface area contributed by atoms with E-state index in [-0.39, 0.29) is 18.7 Å². The van der Waals surface area contributed by atoms with Gasteiger partial charge in [-0.25, -0.2) is 9.82 Å². The molecule has 0 saturated heterocycles. The van der Waals surface area contributed by atoms with E-state index in [9.17, 15) is 14.0 Å². The highest BCUT2D eigenvalue weighted by atomic mass is 19.1. The lowest BCUT2D eigenvalue weighted by atomic mass is 10.2. The number of nitrogens with one attached hydrogen (secondary N) is 2. The third-order valence-electron chi connectivity index (χ3n) is 3.53. The first-order chi connectivity index (χ1) is 13.0. The Labute approximate surface area is 156 Å². The molecule has 0 spiro atoms. The molecule has 2 aromatic rings. The third kappa shape index (κ3) is 6.10. The maximum Gasteiger partial charge on any atom is 0.240 e. The molecular weight excluding hydrogens is 353 g/mol. The van der Waals surface area contributed by atoms with Crippen molar-refractivity contribution in [1.29, 1.82) is 0 Å². The Morgan fingerprint density at radius 3 is 2.41 bits per heavy atom. The summed E-state index contributed by atoms with van der Waals surface area (Å²) in [4.78, 5) is 23.6. The van der Waals surface area contributed by atoms with Gasteiger partial charge in [-0.2, -0.15) is 5.10 Å². The number of hydrogen-bond acceptors (Lipinski definition) is 5. The van der Waals surface area contributed by atoms with Gasteiger partial charge in [0.05, 0.1) is 20.4 Å². The van der Waals surface area contributed by atoms with E-state index in [1.807, 2.05) is 0 Å². The van der Waals surface area contributed by atoms with Crippen LogP contribution in [-0.4, -0.2) is 32.2 Å². The van der Waals surface area contributed by atoms with Gasteiger partial charge >= 0.3 is 0 Å². The van der Waals surface area contributed by atoms with E-state index < -0.39 is 11.7 Å². The molecule has 0 fully saturated rings. The van der Waals surface area contributed by atoms with E-state index in [0.29, 0.717) is 22.7 Å². The second-order valence-corrected chi connectivity index (χ2v) is 5.43. The molecule has 142 valence electrons. The number of hydrazone groups is 1. The molecule has 0 aliphatic heterocycles. The molecule has 0 aromatic heterocycles. The summed E-state index contributed by atoms with van der Waals surface area (Å²) < 4.78 is 23.3. The third-order valence-corrected chi connectivity index (χ3v) is 3.53. The zero-order chi connectivity index (χ0) is 19.6. The molecule has 0 heterocycles. The summed E-state index contributed by atoms with van der Waals surface area (Å²) in [5.74, 6) is -0.114. The summed E-state index contributed by atoms with van der Waals surface area (Å²) in [6, 6.07) is 10.6. The second kappa shape index (κ2) is 9.91. The molecule has 0 unspecified atom stereocenters. The van der Waals surface area contributed by atoms with Gasteiger partial charge in [0.15, 0.2) is 11.5 Å². The van der Waals surface area contributed by atoms with E-state index in [1.165, 1.54) is 44.7 Å². The lowest BCUT2D eigenvalue weighted by molar-refractivity contribution is -0.124. The van der Waals surface area contributed by atoms with Crippen molar-refractivity contribution in [2.24, 2.45) is 5.10 Å². The molecule has 0 radical (unpaired) electrons. The van der Waals surface area contributed by atoms with Gasteiger partial charge in [0, 0.05) is 24.1 Å². The van der Waals surface area contributed by atoms with E-state index >= 15 is 0 Å². The standard InChI is InChI=1S/C19H20FN3O4/c1-26-16-5-3-4-13(19(16)27-2)12-21-23-18(25)11-10-17(24)22-15-8-6-14(20)7-9-15/h3-9,12H,10-11H2,1-2H3,(H,22,24)(H,23,25). The number of halogens is 1. The molecule has 0 atom stereocenters. The smallest absolute Gasteiger partial charge is 0.240 e. The fraction of sp³-hybridized carbons (Fsp3) is 0.211. The number of nitrogens with zero attached hydrogens (tertiary/aromatic N) is 1. The van der Waals surface area contributed by atoms with Crippen LogP contribution in [0.1, 0.15) is 18.4 Å². The van der Waals surface area contributed by atoms with Crippen LogP contribution in [0, 0.1) is 5.82 Å². The lowest BCUT2D eigenvalue weighted by Gasteiger charge is -2.09. The van der Waals surface area contributed by atoms with Crippen LogP contribution in [0.25, 0.3) is 0 Å². The monoisotopic (exact) mass is 373 g/mol. The minimum absolute atomic E-state index is 0.0266. The molecule has 7 nitrogen and oxygen atoms in total. The molecule has 8 heteroatoms. The van der Waals surface area contributed by atoms with Crippen LogP contribution < -0.4 is 20.2 Å². The highest BCUT2D eigenvalue weighted by molar-refractivity contribution is 5.93. The molecule has 2 N–H and O–H groups in total. The van der Waals surface area contributed by atoms with E-state index in [1.54, 1.807) is 18.2 Å². The van der Waals surface area contributed by atoms with E-state index in [2.05, 4.69) is 15.8 Å². The summed E-state index contributed by atoms with van der Waals surface area (Å²) in [5, 5.41) is 6.44. The summed E-state index contributed by atoms with van der Waals surface area (Å²) in [5.41, 5.74) is 3.44. The number of rotatable bonds is 8. The topological polar surface area (TPSA) is 89.0 Å². The normalized spacial score (nSPS) is 10.5. The highest BCUT2D eigenvalue weighted by Gasteiger charge is 2.09. The Kier molecular flexibility index (Phi) is 7.30. The first-order valence-corrected chi connectivity index (χ1v) is 8.11. The average molecular weight is 373 g/mol. The number of para-hydroxylation sites is 1. The Balaban J connectivity index is 1.81. The molecule has 0 bridgehead atoms. The summed E-state index contributed by atoms with van der Waals surface area (Å²) in [7, 11) is 3.03. The Hall–Kier alpha value is -3.42. The summed E-state index contributed by atoms with van der Waals surface area (Å²) >= 11 is 0. The van der Waals surface area contributed by atoms with Crippen LogP contribution in [-0.2, 0) is 9.59 Å². The van der Waals surface area contributed by atoms with Crippen LogP contribution in [0.15, 0.2) is 47.6 Å². The van der Waals surface area contributed by atoms with Gasteiger partial charge in [-0.3, -0.25) is 9.59 Å². The second-order valence-electron chi connectivity index (χ2n) is 5.43. The highest BCUT2D eigenvalue weighted by Crippen LogP contribution is 2.29. The maximum absolute atomic E-state index is 12.8. The number of amides is 2. The predicted octanol–water partition coefficient (Wildman–Crippen LogP) is 2.71. The molecule has 2 rings (SSSR count). The number of methoxy groups -OCH3 is 2. The first-order valence-electron chi connectivity index (χ1n) is 8.11. The fourth-order valence-corrected chi connectivity index (χ4v) is 2.23. The number of ether oxygens (including phenoxy) is 2. The van der Waals surface area contributed by atoms with Crippen molar-refractivity contribution >= 4 is 23.7 Å². The minimum Gasteiger partial charge on any atom is -0.493 e. The number of carbonyl (C=O) groups excluding carboxylic acids is 2. The van der Waals surface area contributed by atoms with Crippen LogP contribution in [0.3, 0.4) is 0 Å². The maximum atomic E-state index is 12.8. The van der Waals surface area contributed by atoms with Gasteiger partial charge in [-0.15, -0.1) is 0 Å². The van der Waals surface area contributed by atoms with Crippen LogP contribution in [0.2, 0.25) is 0 Å². The van der Waals surface area contributed by atoms with Crippen molar-refractivity contribution in [3.8, 4) is 11.5 Å². The van der Waals surface area contributed by atoms with Crippen molar-refractivity contribution in [3.05, 3.63) is 53.8 Å². The van der Waals surface area contributed by atoms with Crippen molar-refractivity contribution < 1.29 is 23.5 Å². The van der Waals surface area contributed by atoms with Crippen LogP contribution >= 0.6 is 0 Å². The van der Waals surface area contributed by atoms with Gasteiger partial charge in [-0.1, -0.05) is 6.07 Å². The average Bonchev–Trinajstić information content (AvgIpc) is 2.68. The van der Waals surface area contributed by atoms with Crippen molar-refractivity contribution in [3.63, 3.8) is 0 Å². The van der Waals surface area contributed by atoms with Crippen molar-refractivity contribution in [1.82, 2.24) is 5.43 Å². The molecular formula is C19H20FN3O4. The predicted molar refractivity (Wildman–Crippen MR) is 99.5 cm³/mol. The van der Waals surface area contributed by atoms with Crippen LogP contribution in [0.4, 0.5) is 10.1 Å². The summed E-state index contributed by atoms with van der Waals surface area (Å²) in [6.45, 7) is 0. The Morgan fingerprint density at radius 1 is 1.04 bits per heavy atom. The fourth-order valence-electron chi connectivity index (χ4n) is 2.23. The molecule has 0 aliphatic rings. The zero-order valence-electron chi connectivity index (χ0n) is 15.0. The van der Waals surface area contributed by atoms with Gasteiger partial charge in [0.25, 0.3) is 0 Å². The molecule has 2 amide bonds. The molecule has 2 aromatic carbocycles. The minimum atomic E-state index is -0.414. The first kappa shape index (κ1) is 19.9. The molecule has 0 saturated carbocycles. The Bertz CT molecular complexity index is 822. The lowest BCUT2D eigenvalue weighted by Crippen LogP contribution is -2.20. The quantitative estimate of drug-likeness (QED) is 0.550. The number of benzene rings is 2. The van der Waals surface area contributed by atoms with Gasteiger partial charge < -0.3 is 14.8 Å². The Morgan fingerprint density at radius 2 is 1.74 bits per heavy atom. The molecule has 27 heavy (non-hydrogen) atoms. The number of anilines is 1. The number of hydrogen-bond donors (Lipinski definition) is 2.